The van der Waals surface area contributed by atoms with Gasteiger partial charge in [-0.1, -0.05) is 60.3 Å². The molecule has 1 heterocycles. The van der Waals surface area contributed by atoms with E-state index in [0.717, 1.165) is 17.5 Å². The maximum absolute atomic E-state index is 13.4. The molecule has 0 aliphatic heterocycles. The number of para-hydroxylation sites is 3. The van der Waals surface area contributed by atoms with Crippen LogP contribution in [-0.4, -0.2) is 29.0 Å². The van der Waals surface area contributed by atoms with Gasteiger partial charge in [-0.05, 0) is 60.7 Å². The number of aromatic nitrogens is 2. The second kappa shape index (κ2) is 10.3. The van der Waals surface area contributed by atoms with E-state index in [2.05, 4.69) is 10.3 Å². The van der Waals surface area contributed by atoms with E-state index in [4.69, 9.17) is 4.74 Å². The summed E-state index contributed by atoms with van der Waals surface area (Å²) in [5.41, 5.74) is 1.60. The molecule has 0 aliphatic rings. The molecule has 1 N–H and O–H groups in total. The molecule has 1 aromatic heterocycles. The molecule has 0 atom stereocenters. The number of fused-ring (bicyclic) bond motifs is 1. The molecule has 7 nitrogen and oxygen atoms in total. The molecule has 180 valence electrons. The summed E-state index contributed by atoms with van der Waals surface area (Å²) in [6.45, 7) is 0. The highest BCUT2D eigenvalue weighted by atomic mass is 32.2. The first-order chi connectivity index (χ1) is 17.5. The molecule has 0 saturated carbocycles. The fourth-order valence-corrected chi connectivity index (χ4v) is 6.10. The van der Waals surface area contributed by atoms with Crippen LogP contribution in [0.4, 0.5) is 5.69 Å². The summed E-state index contributed by atoms with van der Waals surface area (Å²) >= 11 is 1.06. The number of hydrogen-bond acceptors (Lipinski definition) is 6. The number of rotatable bonds is 8. The monoisotopic (exact) mass is 515 g/mol. The normalized spacial score (nSPS) is 11.3. The number of benzene rings is 4. The van der Waals surface area contributed by atoms with Crippen molar-refractivity contribution in [2.24, 2.45) is 0 Å². The predicted molar refractivity (Wildman–Crippen MR) is 141 cm³/mol. The van der Waals surface area contributed by atoms with Crippen LogP contribution in [0.5, 0.6) is 11.5 Å². The molecule has 5 rings (SSSR count). The van der Waals surface area contributed by atoms with Gasteiger partial charge in [-0.15, -0.1) is 0 Å². The van der Waals surface area contributed by atoms with Crippen LogP contribution >= 0.6 is 11.8 Å². The van der Waals surface area contributed by atoms with Crippen molar-refractivity contribution < 1.29 is 17.9 Å². The van der Waals surface area contributed by atoms with Gasteiger partial charge in [0.15, 0.2) is 5.16 Å². The lowest BCUT2D eigenvalue weighted by molar-refractivity contribution is -0.113. The van der Waals surface area contributed by atoms with E-state index in [1.807, 2.05) is 30.3 Å². The Labute approximate surface area is 212 Å². The van der Waals surface area contributed by atoms with Gasteiger partial charge in [0.1, 0.15) is 11.5 Å². The van der Waals surface area contributed by atoms with Gasteiger partial charge in [-0.3, -0.25) is 4.79 Å². The van der Waals surface area contributed by atoms with Gasteiger partial charge in [0, 0.05) is 5.69 Å². The summed E-state index contributed by atoms with van der Waals surface area (Å²) in [6, 6.07) is 31.6. The third-order valence-electron chi connectivity index (χ3n) is 5.22. The SMILES string of the molecule is O=C(CSc1nc2ccccc2n1S(=O)(=O)c1ccccc1)Nc1ccc(Oc2ccccc2)cc1. The summed E-state index contributed by atoms with van der Waals surface area (Å²) in [7, 11) is -3.90. The van der Waals surface area contributed by atoms with Crippen molar-refractivity contribution in [1.29, 1.82) is 0 Å². The molecule has 0 fully saturated rings. The second-order valence-electron chi connectivity index (χ2n) is 7.74. The molecule has 0 spiro atoms. The number of hydrogen-bond donors (Lipinski definition) is 1. The molecule has 0 bridgehead atoms. The standard InChI is InChI=1S/C27H21N3O4S2/c31-26(28-20-15-17-22(18-16-20)34-21-9-3-1-4-10-21)19-35-27-29-24-13-7-8-14-25(24)30(27)36(32,33)23-11-5-2-6-12-23/h1-18H,19H2,(H,28,31). The Morgan fingerprint density at radius 3 is 2.14 bits per heavy atom. The van der Waals surface area contributed by atoms with Gasteiger partial charge in [0.25, 0.3) is 10.0 Å². The first kappa shape index (κ1) is 23.7. The highest BCUT2D eigenvalue weighted by Gasteiger charge is 2.24. The van der Waals surface area contributed by atoms with E-state index < -0.39 is 10.0 Å². The molecule has 1 amide bonds. The Bertz CT molecular complexity index is 1600. The molecule has 0 saturated heterocycles. The number of nitrogens with zero attached hydrogens (tertiary/aromatic N) is 2. The van der Waals surface area contributed by atoms with Crippen molar-refractivity contribution in [3.63, 3.8) is 0 Å². The fourth-order valence-electron chi connectivity index (χ4n) is 3.56. The minimum atomic E-state index is -3.90. The summed E-state index contributed by atoms with van der Waals surface area (Å²) in [5, 5.41) is 3.05. The number of nitrogens with one attached hydrogen (secondary N) is 1. The summed E-state index contributed by atoms with van der Waals surface area (Å²) in [4.78, 5) is 17.3. The number of carbonyl (C=O) groups is 1. The van der Waals surface area contributed by atoms with E-state index in [0.29, 0.717) is 22.5 Å². The number of carbonyl (C=O) groups excluding carboxylic acids is 1. The van der Waals surface area contributed by atoms with E-state index in [9.17, 15) is 13.2 Å². The van der Waals surface area contributed by atoms with Crippen molar-refractivity contribution in [1.82, 2.24) is 8.96 Å². The Morgan fingerprint density at radius 2 is 1.42 bits per heavy atom. The molecular weight excluding hydrogens is 494 g/mol. The van der Waals surface area contributed by atoms with E-state index in [1.165, 1.54) is 16.1 Å². The minimum Gasteiger partial charge on any atom is -0.457 e. The number of amides is 1. The molecule has 9 heteroatoms. The van der Waals surface area contributed by atoms with E-state index in [-0.39, 0.29) is 21.7 Å². The maximum atomic E-state index is 13.4. The fraction of sp³-hybridized carbons (Fsp3) is 0.0370. The first-order valence-corrected chi connectivity index (χ1v) is 13.5. The van der Waals surface area contributed by atoms with Gasteiger partial charge in [0.2, 0.25) is 5.91 Å². The van der Waals surface area contributed by atoms with Crippen LogP contribution in [0.3, 0.4) is 0 Å². The maximum Gasteiger partial charge on any atom is 0.270 e. The quantitative estimate of drug-likeness (QED) is 0.263. The highest BCUT2D eigenvalue weighted by Crippen LogP contribution is 2.29. The number of anilines is 1. The van der Waals surface area contributed by atoms with Crippen LogP contribution in [0, 0.1) is 0 Å². The lowest BCUT2D eigenvalue weighted by atomic mass is 10.3. The molecule has 5 aromatic rings. The second-order valence-corrected chi connectivity index (χ2v) is 10.5. The minimum absolute atomic E-state index is 0.0180. The highest BCUT2D eigenvalue weighted by molar-refractivity contribution is 8.00. The van der Waals surface area contributed by atoms with Crippen molar-refractivity contribution in [3.05, 3.63) is 109 Å². The van der Waals surface area contributed by atoms with Gasteiger partial charge in [-0.2, -0.15) is 0 Å². The third kappa shape index (κ3) is 5.12. The lowest BCUT2D eigenvalue weighted by Crippen LogP contribution is -2.17. The Hall–Kier alpha value is -4.08. The van der Waals surface area contributed by atoms with Crippen LogP contribution in [0.2, 0.25) is 0 Å². The van der Waals surface area contributed by atoms with Crippen LogP contribution in [0.1, 0.15) is 0 Å². The van der Waals surface area contributed by atoms with E-state index in [1.54, 1.807) is 66.7 Å². The molecule has 0 unspecified atom stereocenters. The van der Waals surface area contributed by atoms with Crippen molar-refractivity contribution >= 4 is 44.4 Å². The van der Waals surface area contributed by atoms with Crippen LogP contribution in [0.15, 0.2) is 119 Å². The average Bonchev–Trinajstić information content (AvgIpc) is 3.29. The molecule has 36 heavy (non-hydrogen) atoms. The van der Waals surface area contributed by atoms with Crippen molar-refractivity contribution in [2.45, 2.75) is 10.1 Å². The largest absolute Gasteiger partial charge is 0.457 e. The smallest absolute Gasteiger partial charge is 0.270 e. The topological polar surface area (TPSA) is 90.3 Å². The zero-order valence-electron chi connectivity index (χ0n) is 18.9. The zero-order chi connectivity index (χ0) is 25.0. The van der Waals surface area contributed by atoms with Crippen LogP contribution in [0.25, 0.3) is 11.0 Å². The Kier molecular flexibility index (Phi) is 6.75. The van der Waals surface area contributed by atoms with E-state index >= 15 is 0 Å². The first-order valence-electron chi connectivity index (χ1n) is 11.0. The lowest BCUT2D eigenvalue weighted by Gasteiger charge is -2.11. The van der Waals surface area contributed by atoms with Crippen LogP contribution < -0.4 is 10.1 Å². The van der Waals surface area contributed by atoms with Gasteiger partial charge in [-0.25, -0.2) is 17.4 Å². The van der Waals surface area contributed by atoms with Gasteiger partial charge in [0.05, 0.1) is 21.7 Å². The Morgan fingerprint density at radius 1 is 0.806 bits per heavy atom. The summed E-state index contributed by atoms with van der Waals surface area (Å²) in [5.74, 6) is 1.07. The number of thioether (sulfide) groups is 1. The average molecular weight is 516 g/mol. The zero-order valence-corrected chi connectivity index (χ0v) is 20.6. The van der Waals surface area contributed by atoms with Crippen molar-refractivity contribution in [3.8, 4) is 11.5 Å². The van der Waals surface area contributed by atoms with Gasteiger partial charge >= 0.3 is 0 Å². The van der Waals surface area contributed by atoms with Crippen molar-refractivity contribution in [2.75, 3.05) is 11.1 Å². The number of imidazole rings is 1. The molecule has 0 aliphatic carbocycles. The molecule has 0 radical (unpaired) electrons. The number of ether oxygens (including phenoxy) is 1. The third-order valence-corrected chi connectivity index (χ3v) is 7.99. The van der Waals surface area contributed by atoms with Crippen LogP contribution in [-0.2, 0) is 14.8 Å². The summed E-state index contributed by atoms with van der Waals surface area (Å²) < 4.78 is 33.8. The molecular formula is C27H21N3O4S2. The van der Waals surface area contributed by atoms with Gasteiger partial charge < -0.3 is 10.1 Å². The predicted octanol–water partition coefficient (Wildman–Crippen LogP) is 5.80. The molecule has 4 aromatic carbocycles. The summed E-state index contributed by atoms with van der Waals surface area (Å²) in [6.07, 6.45) is 0. The Balaban J connectivity index is 1.31.